The topological polar surface area (TPSA) is 87.1 Å². The van der Waals surface area contributed by atoms with Crippen LogP contribution >= 0.6 is 0 Å². The van der Waals surface area contributed by atoms with Crippen molar-refractivity contribution in [2.24, 2.45) is 0 Å². The summed E-state index contributed by atoms with van der Waals surface area (Å²) in [5, 5.41) is 0.311. The van der Waals surface area contributed by atoms with Crippen molar-refractivity contribution >= 4 is 22.4 Å². The Kier molecular flexibility index (Phi) is 4.76. The van der Waals surface area contributed by atoms with Crippen molar-refractivity contribution in [2.75, 3.05) is 36.0 Å². The summed E-state index contributed by atoms with van der Waals surface area (Å²) in [4.78, 5) is 39.2. The molecule has 2 aromatic heterocycles. The Balaban J connectivity index is 1.53. The van der Waals surface area contributed by atoms with Crippen LogP contribution in [0.25, 0.3) is 10.9 Å². The van der Waals surface area contributed by atoms with Gasteiger partial charge in [0, 0.05) is 44.3 Å². The number of nitrogens with zero attached hydrogens (tertiary/aromatic N) is 5. The quantitative estimate of drug-likeness (QED) is 0.720. The third-order valence-corrected chi connectivity index (χ3v) is 4.78. The molecule has 8 nitrogen and oxygen atoms in total. The Morgan fingerprint density at radius 2 is 1.82 bits per heavy atom. The van der Waals surface area contributed by atoms with E-state index < -0.39 is 18.5 Å². The molecule has 0 bridgehead atoms. The van der Waals surface area contributed by atoms with E-state index in [9.17, 15) is 18.4 Å². The maximum absolute atomic E-state index is 12.6. The maximum Gasteiger partial charge on any atom is 0.290 e. The lowest BCUT2D eigenvalue weighted by Crippen LogP contribution is -2.48. The highest BCUT2D eigenvalue weighted by Crippen LogP contribution is 2.21. The molecule has 1 fully saturated rings. The fourth-order valence-corrected chi connectivity index (χ4v) is 3.37. The molecule has 1 aliphatic heterocycles. The van der Waals surface area contributed by atoms with Crippen LogP contribution in [0.15, 0.2) is 46.5 Å². The van der Waals surface area contributed by atoms with Crippen LogP contribution in [0.4, 0.5) is 20.3 Å². The first-order chi connectivity index (χ1) is 13.5. The summed E-state index contributed by atoms with van der Waals surface area (Å²) in [7, 11) is 0. The molecule has 28 heavy (non-hydrogen) atoms. The predicted molar refractivity (Wildman–Crippen MR) is 101 cm³/mol. The smallest absolute Gasteiger partial charge is 0.290 e. The lowest BCUT2D eigenvalue weighted by atomic mass is 10.2. The van der Waals surface area contributed by atoms with Crippen molar-refractivity contribution in [1.82, 2.24) is 19.5 Å². The SMILES string of the molecule is O=c1[nH]ccnc1N1CCN(c2ccc3c(=O)n(CC(F)F)cnc3c2)CC1. The number of benzene rings is 1. The van der Waals surface area contributed by atoms with E-state index in [-0.39, 0.29) is 5.56 Å². The minimum atomic E-state index is -2.61. The molecule has 3 aromatic rings. The fourth-order valence-electron chi connectivity index (χ4n) is 3.37. The number of rotatable bonds is 4. The molecule has 0 unspecified atom stereocenters. The largest absolute Gasteiger partial charge is 0.368 e. The van der Waals surface area contributed by atoms with Crippen molar-refractivity contribution in [3.8, 4) is 0 Å². The number of halogens is 2. The summed E-state index contributed by atoms with van der Waals surface area (Å²) in [5.41, 5.74) is 0.666. The van der Waals surface area contributed by atoms with Crippen molar-refractivity contribution in [1.29, 1.82) is 0 Å². The van der Waals surface area contributed by atoms with Gasteiger partial charge in [-0.25, -0.2) is 18.7 Å². The lowest BCUT2D eigenvalue weighted by Gasteiger charge is -2.36. The summed E-state index contributed by atoms with van der Waals surface area (Å²) in [6, 6.07) is 5.20. The molecule has 0 aliphatic carbocycles. The first kappa shape index (κ1) is 18.1. The highest BCUT2D eigenvalue weighted by atomic mass is 19.3. The number of piperazine rings is 1. The normalized spacial score (nSPS) is 14.8. The minimum absolute atomic E-state index is 0.217. The minimum Gasteiger partial charge on any atom is -0.368 e. The second-order valence-corrected chi connectivity index (χ2v) is 6.51. The fraction of sp³-hybridized carbons (Fsp3) is 0.333. The Morgan fingerprint density at radius 1 is 1.07 bits per heavy atom. The number of H-pyrrole nitrogens is 1. The van der Waals surface area contributed by atoms with E-state index in [0.717, 1.165) is 16.6 Å². The summed E-state index contributed by atoms with van der Waals surface area (Å²) in [6.45, 7) is 1.93. The van der Waals surface area contributed by atoms with Crippen LogP contribution in [0.5, 0.6) is 0 Å². The average molecular weight is 388 g/mol. The molecular weight excluding hydrogens is 370 g/mol. The molecule has 0 spiro atoms. The Hall–Kier alpha value is -3.30. The van der Waals surface area contributed by atoms with Crippen molar-refractivity contribution in [3.63, 3.8) is 0 Å². The van der Waals surface area contributed by atoms with E-state index in [2.05, 4.69) is 19.9 Å². The molecule has 10 heteroatoms. The van der Waals surface area contributed by atoms with Gasteiger partial charge in [-0.05, 0) is 18.2 Å². The summed E-state index contributed by atoms with van der Waals surface area (Å²) < 4.78 is 26.1. The molecule has 0 amide bonds. The van der Waals surface area contributed by atoms with Crippen molar-refractivity contribution in [2.45, 2.75) is 13.0 Å². The van der Waals surface area contributed by atoms with Gasteiger partial charge in [-0.3, -0.25) is 14.2 Å². The monoisotopic (exact) mass is 388 g/mol. The van der Waals surface area contributed by atoms with Gasteiger partial charge in [0.15, 0.2) is 5.82 Å². The van der Waals surface area contributed by atoms with Gasteiger partial charge in [-0.1, -0.05) is 0 Å². The van der Waals surface area contributed by atoms with Crippen LogP contribution in [-0.2, 0) is 6.54 Å². The zero-order chi connectivity index (χ0) is 19.7. The van der Waals surface area contributed by atoms with Crippen LogP contribution in [0.2, 0.25) is 0 Å². The number of aromatic amines is 1. The van der Waals surface area contributed by atoms with Crippen LogP contribution in [0.3, 0.4) is 0 Å². The lowest BCUT2D eigenvalue weighted by molar-refractivity contribution is 0.125. The zero-order valence-electron chi connectivity index (χ0n) is 14.9. The standard InChI is InChI=1S/C18H18F2N6O2/c19-15(20)10-26-11-23-14-9-12(1-2-13(14)18(26)28)24-5-7-25(8-6-24)16-17(27)22-4-3-21-16/h1-4,9,11,15H,5-8,10H2,(H,22,27). The van der Waals surface area contributed by atoms with Gasteiger partial charge < -0.3 is 14.8 Å². The van der Waals surface area contributed by atoms with Gasteiger partial charge >= 0.3 is 0 Å². The molecule has 0 radical (unpaired) electrons. The van der Waals surface area contributed by atoms with Gasteiger partial charge in [0.1, 0.15) is 0 Å². The summed E-state index contributed by atoms with van der Waals surface area (Å²) >= 11 is 0. The number of alkyl halides is 2. The predicted octanol–water partition coefficient (Wildman–Crippen LogP) is 1.07. The van der Waals surface area contributed by atoms with Gasteiger partial charge in [0.05, 0.1) is 23.8 Å². The van der Waals surface area contributed by atoms with Gasteiger partial charge in [-0.15, -0.1) is 0 Å². The van der Waals surface area contributed by atoms with Crippen LogP contribution in [0.1, 0.15) is 0 Å². The molecule has 3 heterocycles. The van der Waals surface area contributed by atoms with Gasteiger partial charge in [-0.2, -0.15) is 0 Å². The molecule has 0 saturated carbocycles. The third-order valence-electron chi connectivity index (χ3n) is 4.78. The summed E-state index contributed by atoms with van der Waals surface area (Å²) in [5.74, 6) is 0.405. The Morgan fingerprint density at radius 3 is 2.54 bits per heavy atom. The average Bonchev–Trinajstić information content (AvgIpc) is 2.70. The molecule has 1 saturated heterocycles. The molecule has 1 N–H and O–H groups in total. The molecule has 0 atom stereocenters. The van der Waals surface area contributed by atoms with Crippen LogP contribution in [0, 0.1) is 0 Å². The third kappa shape index (κ3) is 3.45. The molecule has 146 valence electrons. The van der Waals surface area contributed by atoms with Gasteiger partial charge in [0.2, 0.25) is 0 Å². The first-order valence-electron chi connectivity index (χ1n) is 8.84. The van der Waals surface area contributed by atoms with Crippen LogP contribution < -0.4 is 20.9 Å². The highest BCUT2D eigenvalue weighted by molar-refractivity contribution is 5.81. The number of nitrogens with one attached hydrogen (secondary N) is 1. The van der Waals surface area contributed by atoms with E-state index in [1.807, 2.05) is 4.90 Å². The van der Waals surface area contributed by atoms with E-state index in [1.54, 1.807) is 24.4 Å². The highest BCUT2D eigenvalue weighted by Gasteiger charge is 2.20. The van der Waals surface area contributed by atoms with E-state index in [0.29, 0.717) is 42.9 Å². The van der Waals surface area contributed by atoms with Crippen molar-refractivity contribution in [3.05, 3.63) is 57.6 Å². The Labute approximate surface area is 158 Å². The molecule has 4 rings (SSSR count). The molecule has 1 aromatic carbocycles. The number of fused-ring (bicyclic) bond motifs is 1. The van der Waals surface area contributed by atoms with E-state index in [1.165, 1.54) is 6.20 Å². The molecular formula is C18H18F2N6O2. The first-order valence-corrected chi connectivity index (χ1v) is 8.84. The van der Waals surface area contributed by atoms with Crippen LogP contribution in [-0.4, -0.2) is 52.1 Å². The Bertz CT molecular complexity index is 1100. The second-order valence-electron chi connectivity index (χ2n) is 6.51. The second kappa shape index (κ2) is 7.37. The zero-order valence-corrected chi connectivity index (χ0v) is 14.9. The number of aromatic nitrogens is 4. The number of hydrogen-bond donors (Lipinski definition) is 1. The van der Waals surface area contributed by atoms with Crippen molar-refractivity contribution < 1.29 is 8.78 Å². The number of anilines is 2. The number of hydrogen-bond acceptors (Lipinski definition) is 6. The summed E-state index contributed by atoms with van der Waals surface area (Å²) in [6.07, 6.45) is 1.60. The van der Waals surface area contributed by atoms with E-state index in [4.69, 9.17) is 0 Å². The van der Waals surface area contributed by atoms with Gasteiger partial charge in [0.25, 0.3) is 17.5 Å². The maximum atomic E-state index is 12.6. The van der Waals surface area contributed by atoms with E-state index >= 15 is 0 Å². The molecule has 1 aliphatic rings.